The van der Waals surface area contributed by atoms with Crippen molar-refractivity contribution in [3.05, 3.63) is 54.2 Å². The molecule has 2 heterocycles. The van der Waals surface area contributed by atoms with Crippen molar-refractivity contribution in [1.82, 2.24) is 4.98 Å². The van der Waals surface area contributed by atoms with Crippen molar-refractivity contribution in [2.45, 2.75) is 25.0 Å². The molecular formula is C17H18N2O3. The summed E-state index contributed by atoms with van der Waals surface area (Å²) in [6.45, 7) is 1.91. The topological polar surface area (TPSA) is 60.5 Å². The molecule has 5 heteroatoms. The molecule has 2 unspecified atom stereocenters. The molecule has 114 valence electrons. The molecule has 0 bridgehead atoms. The zero-order valence-electron chi connectivity index (χ0n) is 12.6. The summed E-state index contributed by atoms with van der Waals surface area (Å²) in [5.74, 6) is 1.10. The number of carbonyl (C=O) groups excluding carboxylic acids is 1. The number of hydrogen-bond donors (Lipinski definition) is 1. The predicted octanol–water partition coefficient (Wildman–Crippen LogP) is 2.73. The van der Waals surface area contributed by atoms with Crippen molar-refractivity contribution in [3.63, 3.8) is 0 Å². The molecular weight excluding hydrogens is 280 g/mol. The van der Waals surface area contributed by atoms with Crippen LogP contribution >= 0.6 is 0 Å². The quantitative estimate of drug-likeness (QED) is 0.879. The maximum absolute atomic E-state index is 12.2. The molecule has 0 aliphatic carbocycles. The van der Waals surface area contributed by atoms with E-state index in [2.05, 4.69) is 10.3 Å². The van der Waals surface area contributed by atoms with E-state index in [0.29, 0.717) is 12.2 Å². The van der Waals surface area contributed by atoms with Crippen LogP contribution < -0.4 is 10.1 Å². The Morgan fingerprint density at radius 2 is 2.05 bits per heavy atom. The Kier molecular flexibility index (Phi) is 3.71. The Morgan fingerprint density at radius 1 is 1.27 bits per heavy atom. The number of rotatable bonds is 4. The summed E-state index contributed by atoms with van der Waals surface area (Å²) < 4.78 is 11.0. The summed E-state index contributed by atoms with van der Waals surface area (Å²) in [5.41, 5.74) is 0.159. The Hall–Kier alpha value is -2.56. The maximum atomic E-state index is 12.2. The van der Waals surface area contributed by atoms with Gasteiger partial charge in [0.05, 0.1) is 7.11 Å². The van der Waals surface area contributed by atoms with Gasteiger partial charge in [-0.15, -0.1) is 0 Å². The van der Waals surface area contributed by atoms with Crippen LogP contribution in [-0.2, 0) is 15.1 Å². The molecule has 1 saturated heterocycles. The fraction of sp³-hybridized carbons (Fsp3) is 0.294. The molecule has 1 aromatic carbocycles. The number of benzene rings is 1. The molecule has 1 aliphatic heterocycles. The lowest BCUT2D eigenvalue weighted by atomic mass is 9.90. The van der Waals surface area contributed by atoms with Gasteiger partial charge in [-0.05, 0) is 25.1 Å². The van der Waals surface area contributed by atoms with Crippen LogP contribution in [0.15, 0.2) is 48.7 Å². The SMILES string of the molecule is COc1ccccc1C1(C)CC(Nc2ccccn2)C(=O)O1. The monoisotopic (exact) mass is 298 g/mol. The first kappa shape index (κ1) is 14.4. The first-order valence-corrected chi connectivity index (χ1v) is 7.16. The van der Waals surface area contributed by atoms with Gasteiger partial charge in [-0.25, -0.2) is 9.78 Å². The van der Waals surface area contributed by atoms with Crippen molar-refractivity contribution < 1.29 is 14.3 Å². The van der Waals surface area contributed by atoms with Gasteiger partial charge in [0.25, 0.3) is 0 Å². The van der Waals surface area contributed by atoms with Crippen LogP contribution in [0.2, 0.25) is 0 Å². The first-order valence-electron chi connectivity index (χ1n) is 7.16. The van der Waals surface area contributed by atoms with E-state index in [-0.39, 0.29) is 5.97 Å². The third-order valence-electron chi connectivity index (χ3n) is 3.87. The lowest BCUT2D eigenvalue weighted by molar-refractivity contribution is -0.148. The summed E-state index contributed by atoms with van der Waals surface area (Å²) in [6.07, 6.45) is 2.20. The van der Waals surface area contributed by atoms with Crippen LogP contribution in [0.25, 0.3) is 0 Å². The minimum Gasteiger partial charge on any atom is -0.496 e. The van der Waals surface area contributed by atoms with Crippen molar-refractivity contribution in [3.8, 4) is 5.75 Å². The highest BCUT2D eigenvalue weighted by Gasteiger charge is 2.46. The second kappa shape index (κ2) is 5.67. The van der Waals surface area contributed by atoms with Gasteiger partial charge >= 0.3 is 5.97 Å². The van der Waals surface area contributed by atoms with Crippen molar-refractivity contribution in [1.29, 1.82) is 0 Å². The number of pyridine rings is 1. The molecule has 5 nitrogen and oxygen atoms in total. The van der Waals surface area contributed by atoms with Gasteiger partial charge in [-0.3, -0.25) is 0 Å². The van der Waals surface area contributed by atoms with E-state index in [1.807, 2.05) is 49.4 Å². The molecule has 2 aromatic rings. The van der Waals surface area contributed by atoms with Gasteiger partial charge in [0.1, 0.15) is 23.2 Å². The number of carbonyl (C=O) groups is 1. The normalized spacial score (nSPS) is 23.9. The maximum Gasteiger partial charge on any atom is 0.329 e. The highest BCUT2D eigenvalue weighted by Crippen LogP contribution is 2.41. The van der Waals surface area contributed by atoms with E-state index < -0.39 is 11.6 Å². The van der Waals surface area contributed by atoms with E-state index in [0.717, 1.165) is 11.3 Å². The minimum absolute atomic E-state index is 0.279. The predicted molar refractivity (Wildman–Crippen MR) is 82.7 cm³/mol. The summed E-state index contributed by atoms with van der Waals surface area (Å²) >= 11 is 0. The zero-order chi connectivity index (χ0) is 15.6. The highest BCUT2D eigenvalue weighted by molar-refractivity contribution is 5.82. The molecule has 1 aromatic heterocycles. The molecule has 2 atom stereocenters. The number of cyclic esters (lactones) is 1. The second-order valence-electron chi connectivity index (χ2n) is 5.47. The van der Waals surface area contributed by atoms with Gasteiger partial charge in [0.2, 0.25) is 0 Å². The van der Waals surface area contributed by atoms with Crippen molar-refractivity contribution in [2.75, 3.05) is 12.4 Å². The van der Waals surface area contributed by atoms with E-state index in [4.69, 9.17) is 9.47 Å². The second-order valence-corrected chi connectivity index (χ2v) is 5.47. The molecule has 0 saturated carbocycles. The standard InChI is InChI=1S/C17H18N2O3/c1-17(12-7-3-4-8-14(12)21-2)11-13(16(20)22-17)19-15-9-5-6-10-18-15/h3-10,13H,11H2,1-2H3,(H,18,19). The van der Waals surface area contributed by atoms with Crippen LogP contribution in [0.3, 0.4) is 0 Å². The van der Waals surface area contributed by atoms with E-state index in [1.54, 1.807) is 13.3 Å². The van der Waals surface area contributed by atoms with Crippen LogP contribution in [0.1, 0.15) is 18.9 Å². The highest BCUT2D eigenvalue weighted by atomic mass is 16.6. The van der Waals surface area contributed by atoms with E-state index in [1.165, 1.54) is 0 Å². The van der Waals surface area contributed by atoms with Crippen LogP contribution in [0.4, 0.5) is 5.82 Å². The minimum atomic E-state index is -0.712. The number of methoxy groups -OCH3 is 1. The van der Waals surface area contributed by atoms with Gasteiger partial charge in [0.15, 0.2) is 0 Å². The molecule has 3 rings (SSSR count). The zero-order valence-corrected chi connectivity index (χ0v) is 12.6. The molecule has 0 spiro atoms. The summed E-state index contributed by atoms with van der Waals surface area (Å²) in [5, 5.41) is 3.13. The summed E-state index contributed by atoms with van der Waals surface area (Å²) in [6, 6.07) is 12.7. The average molecular weight is 298 g/mol. The van der Waals surface area contributed by atoms with Gasteiger partial charge in [0, 0.05) is 18.2 Å². The number of nitrogens with one attached hydrogen (secondary N) is 1. The fourth-order valence-electron chi connectivity index (χ4n) is 2.79. The summed E-state index contributed by atoms with van der Waals surface area (Å²) in [4.78, 5) is 16.4. The van der Waals surface area contributed by atoms with Crippen molar-refractivity contribution >= 4 is 11.8 Å². The smallest absolute Gasteiger partial charge is 0.329 e. The molecule has 1 fully saturated rings. The molecule has 0 amide bonds. The van der Waals surface area contributed by atoms with Gasteiger partial charge in [-0.2, -0.15) is 0 Å². The number of ether oxygens (including phenoxy) is 2. The van der Waals surface area contributed by atoms with E-state index >= 15 is 0 Å². The number of anilines is 1. The number of nitrogens with zero attached hydrogens (tertiary/aromatic N) is 1. The fourth-order valence-corrected chi connectivity index (χ4v) is 2.79. The molecule has 1 aliphatic rings. The molecule has 1 N–H and O–H groups in total. The van der Waals surface area contributed by atoms with Crippen molar-refractivity contribution in [2.24, 2.45) is 0 Å². The number of esters is 1. The summed E-state index contributed by atoms with van der Waals surface area (Å²) in [7, 11) is 1.61. The molecule has 22 heavy (non-hydrogen) atoms. The third kappa shape index (κ3) is 2.62. The molecule has 0 radical (unpaired) electrons. The van der Waals surface area contributed by atoms with Gasteiger partial charge < -0.3 is 14.8 Å². The largest absolute Gasteiger partial charge is 0.496 e. The number of hydrogen-bond acceptors (Lipinski definition) is 5. The van der Waals surface area contributed by atoms with Gasteiger partial charge in [-0.1, -0.05) is 24.3 Å². The first-order chi connectivity index (χ1) is 10.6. The Balaban J connectivity index is 1.84. The lowest BCUT2D eigenvalue weighted by Gasteiger charge is -2.25. The number of para-hydroxylation sites is 1. The Labute approximate surface area is 129 Å². The van der Waals surface area contributed by atoms with Crippen LogP contribution in [0.5, 0.6) is 5.75 Å². The lowest BCUT2D eigenvalue weighted by Crippen LogP contribution is -2.25. The third-order valence-corrected chi connectivity index (χ3v) is 3.87. The average Bonchev–Trinajstić information content (AvgIpc) is 2.83. The number of aromatic nitrogens is 1. The Bertz CT molecular complexity index is 675. The van der Waals surface area contributed by atoms with E-state index in [9.17, 15) is 4.79 Å². The van der Waals surface area contributed by atoms with Crippen LogP contribution in [0, 0.1) is 0 Å². The Morgan fingerprint density at radius 3 is 2.77 bits per heavy atom. The van der Waals surface area contributed by atoms with Crippen LogP contribution in [-0.4, -0.2) is 24.1 Å².